The first-order chi connectivity index (χ1) is 16.7. The maximum absolute atomic E-state index is 12.6. The number of benzene rings is 3. The summed E-state index contributed by atoms with van der Waals surface area (Å²) in [7, 11) is 0. The van der Waals surface area contributed by atoms with Gasteiger partial charge in [0.05, 0.1) is 17.3 Å². The Morgan fingerprint density at radius 3 is 2.47 bits per heavy atom. The summed E-state index contributed by atoms with van der Waals surface area (Å²) in [6.45, 7) is 0.367. The van der Waals surface area contributed by atoms with Crippen LogP contribution in [0, 0.1) is 0 Å². The molecule has 7 nitrogen and oxygen atoms in total. The van der Waals surface area contributed by atoms with Crippen molar-refractivity contribution in [3.05, 3.63) is 108 Å². The molecule has 1 amide bonds. The molecule has 2 heterocycles. The zero-order valence-electron chi connectivity index (χ0n) is 18.3. The third-order valence-electron chi connectivity index (χ3n) is 5.59. The van der Waals surface area contributed by atoms with Crippen LogP contribution in [0.25, 0.3) is 22.0 Å². The molecule has 34 heavy (non-hydrogen) atoms. The van der Waals surface area contributed by atoms with E-state index in [-0.39, 0.29) is 5.91 Å². The van der Waals surface area contributed by atoms with Crippen molar-refractivity contribution < 1.29 is 9.90 Å². The number of amides is 1. The van der Waals surface area contributed by atoms with E-state index in [1.165, 1.54) is 0 Å². The molecule has 0 spiro atoms. The third kappa shape index (κ3) is 4.65. The fourth-order valence-electron chi connectivity index (χ4n) is 3.76. The number of rotatable bonds is 7. The van der Waals surface area contributed by atoms with Crippen LogP contribution >= 0.6 is 0 Å². The second-order valence-corrected chi connectivity index (χ2v) is 7.92. The molecule has 0 fully saturated rings. The Hall–Kier alpha value is -4.49. The van der Waals surface area contributed by atoms with E-state index >= 15 is 0 Å². The van der Waals surface area contributed by atoms with Crippen LogP contribution in [0.4, 0.5) is 11.5 Å². The van der Waals surface area contributed by atoms with Crippen LogP contribution < -0.4 is 10.6 Å². The van der Waals surface area contributed by atoms with Gasteiger partial charge in [-0.25, -0.2) is 0 Å². The van der Waals surface area contributed by atoms with Gasteiger partial charge in [-0.05, 0) is 41.5 Å². The summed E-state index contributed by atoms with van der Waals surface area (Å²) in [4.78, 5) is 16.9. The number of H-pyrrole nitrogens is 1. The van der Waals surface area contributed by atoms with Crippen molar-refractivity contribution in [2.45, 2.75) is 6.10 Å². The van der Waals surface area contributed by atoms with Gasteiger partial charge in [-0.15, -0.1) is 0 Å². The van der Waals surface area contributed by atoms with E-state index in [1.54, 1.807) is 24.5 Å². The summed E-state index contributed by atoms with van der Waals surface area (Å²) < 4.78 is 0. The number of pyridine rings is 1. The highest BCUT2D eigenvalue weighted by atomic mass is 16.3. The van der Waals surface area contributed by atoms with Crippen LogP contribution in [0.2, 0.25) is 0 Å². The van der Waals surface area contributed by atoms with E-state index in [9.17, 15) is 9.90 Å². The summed E-state index contributed by atoms with van der Waals surface area (Å²) in [5.41, 5.74) is 4.88. The lowest BCUT2D eigenvalue weighted by Gasteiger charge is -2.13. The number of carbonyl (C=O) groups is 1. The lowest BCUT2D eigenvalue weighted by atomic mass is 10.0. The number of nitrogens with zero attached hydrogens (tertiary/aromatic N) is 2. The maximum atomic E-state index is 12.6. The number of aromatic amines is 1. The molecule has 0 radical (unpaired) electrons. The lowest BCUT2D eigenvalue weighted by molar-refractivity contribution is 0.102. The van der Waals surface area contributed by atoms with Gasteiger partial charge in [0.25, 0.3) is 5.91 Å². The molecular formula is C27H23N5O2. The molecular weight excluding hydrogens is 426 g/mol. The zero-order chi connectivity index (χ0) is 23.3. The molecule has 0 saturated carbocycles. The van der Waals surface area contributed by atoms with Gasteiger partial charge in [0.1, 0.15) is 0 Å². The first-order valence-corrected chi connectivity index (χ1v) is 10.9. The highest BCUT2D eigenvalue weighted by Gasteiger charge is 2.13. The number of hydrogen-bond acceptors (Lipinski definition) is 5. The average molecular weight is 450 g/mol. The Morgan fingerprint density at radius 2 is 1.68 bits per heavy atom. The van der Waals surface area contributed by atoms with Crippen molar-refractivity contribution in [3.63, 3.8) is 0 Å². The summed E-state index contributed by atoms with van der Waals surface area (Å²) in [6, 6.07) is 26.4. The van der Waals surface area contributed by atoms with Crippen LogP contribution in [-0.4, -0.2) is 32.7 Å². The van der Waals surface area contributed by atoms with Crippen LogP contribution in [0.5, 0.6) is 0 Å². The minimum absolute atomic E-state index is 0.218. The summed E-state index contributed by atoms with van der Waals surface area (Å²) in [5, 5.41) is 24.6. The van der Waals surface area contributed by atoms with Crippen molar-refractivity contribution in [2.24, 2.45) is 0 Å². The largest absolute Gasteiger partial charge is 0.387 e. The first kappa shape index (κ1) is 21.4. The minimum atomic E-state index is -0.622. The highest BCUT2D eigenvalue weighted by molar-refractivity contribution is 6.08. The quantitative estimate of drug-likeness (QED) is 0.279. The van der Waals surface area contributed by atoms with E-state index in [2.05, 4.69) is 25.8 Å². The lowest BCUT2D eigenvalue weighted by Crippen LogP contribution is -2.12. The van der Waals surface area contributed by atoms with Gasteiger partial charge in [-0.1, -0.05) is 54.6 Å². The molecule has 4 N–H and O–H groups in total. The Kier molecular flexibility index (Phi) is 6.01. The van der Waals surface area contributed by atoms with Crippen molar-refractivity contribution >= 4 is 28.3 Å². The highest BCUT2D eigenvalue weighted by Crippen LogP contribution is 2.29. The van der Waals surface area contributed by atoms with Crippen LogP contribution in [0.1, 0.15) is 22.0 Å². The molecule has 168 valence electrons. The van der Waals surface area contributed by atoms with E-state index < -0.39 is 6.10 Å². The van der Waals surface area contributed by atoms with Crippen molar-refractivity contribution in [2.75, 3.05) is 17.2 Å². The van der Waals surface area contributed by atoms with Crippen molar-refractivity contribution in [1.29, 1.82) is 0 Å². The van der Waals surface area contributed by atoms with Gasteiger partial charge < -0.3 is 15.7 Å². The van der Waals surface area contributed by atoms with E-state index in [1.807, 2.05) is 72.8 Å². The number of nitrogens with one attached hydrogen (secondary N) is 3. The van der Waals surface area contributed by atoms with Gasteiger partial charge in [0.2, 0.25) is 0 Å². The normalized spacial score (nSPS) is 11.8. The van der Waals surface area contributed by atoms with E-state index in [4.69, 9.17) is 0 Å². The fourth-order valence-corrected chi connectivity index (χ4v) is 3.76. The van der Waals surface area contributed by atoms with Gasteiger partial charge in [-0.2, -0.15) is 5.10 Å². The van der Waals surface area contributed by atoms with Gasteiger partial charge in [-0.3, -0.25) is 14.9 Å². The average Bonchev–Trinajstić information content (AvgIpc) is 3.30. The number of anilines is 2. The molecule has 1 atom stereocenters. The van der Waals surface area contributed by atoms with Crippen LogP contribution in [0.15, 0.2) is 97.3 Å². The maximum Gasteiger partial charge on any atom is 0.256 e. The Bertz CT molecular complexity index is 1420. The molecule has 0 aliphatic carbocycles. The Balaban J connectivity index is 1.35. The molecule has 2 aromatic heterocycles. The SMILES string of the molecule is O=C(Nc1n[nH]c2ccc(-c3cncc(NC[C@H](O)c4ccccc4)c3)cc12)c1ccccc1. The zero-order valence-corrected chi connectivity index (χ0v) is 18.3. The van der Waals surface area contributed by atoms with Crippen LogP contribution in [0.3, 0.4) is 0 Å². The van der Waals surface area contributed by atoms with Gasteiger partial charge >= 0.3 is 0 Å². The van der Waals surface area contributed by atoms with Crippen molar-refractivity contribution in [3.8, 4) is 11.1 Å². The van der Waals surface area contributed by atoms with Crippen molar-refractivity contribution in [1.82, 2.24) is 15.2 Å². The molecule has 5 rings (SSSR count). The van der Waals surface area contributed by atoms with Crippen LogP contribution in [-0.2, 0) is 0 Å². The molecule has 0 aliphatic heterocycles. The van der Waals surface area contributed by atoms with Gasteiger partial charge in [0.15, 0.2) is 5.82 Å². The number of aliphatic hydroxyl groups is 1. The Labute approximate surface area is 196 Å². The number of hydrogen-bond donors (Lipinski definition) is 4. The number of fused-ring (bicyclic) bond motifs is 1. The molecule has 0 bridgehead atoms. The predicted octanol–water partition coefficient (Wildman–Crippen LogP) is 5.02. The predicted molar refractivity (Wildman–Crippen MR) is 134 cm³/mol. The number of carbonyl (C=O) groups excluding carboxylic acids is 1. The third-order valence-corrected chi connectivity index (χ3v) is 5.59. The first-order valence-electron chi connectivity index (χ1n) is 10.9. The summed E-state index contributed by atoms with van der Waals surface area (Å²) in [6.07, 6.45) is 2.88. The standard InChI is InChI=1S/C27H23N5O2/c33-25(18-7-3-1-4-8-18)17-29-22-13-21(15-28-16-22)20-11-12-24-23(14-20)26(32-31-24)30-27(34)19-9-5-2-6-10-19/h1-16,25,29,33H,17H2,(H2,30,31,32,34)/t25-/m0/s1. The second kappa shape index (κ2) is 9.56. The molecule has 5 aromatic rings. The number of aliphatic hydroxyl groups excluding tert-OH is 1. The molecule has 0 aliphatic rings. The molecule has 3 aromatic carbocycles. The smallest absolute Gasteiger partial charge is 0.256 e. The fraction of sp³-hybridized carbons (Fsp3) is 0.0741. The minimum Gasteiger partial charge on any atom is -0.387 e. The molecule has 7 heteroatoms. The second-order valence-electron chi connectivity index (χ2n) is 7.92. The molecule has 0 saturated heterocycles. The Morgan fingerprint density at radius 1 is 0.912 bits per heavy atom. The topological polar surface area (TPSA) is 103 Å². The van der Waals surface area contributed by atoms with E-state index in [0.29, 0.717) is 17.9 Å². The summed E-state index contributed by atoms with van der Waals surface area (Å²) in [5.74, 6) is 0.253. The number of aromatic nitrogens is 3. The van der Waals surface area contributed by atoms with E-state index in [0.717, 1.165) is 33.3 Å². The van der Waals surface area contributed by atoms with Gasteiger partial charge in [0, 0.05) is 35.5 Å². The molecule has 0 unspecified atom stereocenters. The summed E-state index contributed by atoms with van der Waals surface area (Å²) >= 11 is 0. The monoisotopic (exact) mass is 449 g/mol.